The first-order valence-corrected chi connectivity index (χ1v) is 10.2. The fourth-order valence-electron chi connectivity index (χ4n) is 3.83. The van der Waals surface area contributed by atoms with Gasteiger partial charge < -0.3 is 9.47 Å². The van der Waals surface area contributed by atoms with Gasteiger partial charge in [-0.05, 0) is 68.4 Å². The van der Waals surface area contributed by atoms with Gasteiger partial charge in [-0.25, -0.2) is 8.78 Å². The van der Waals surface area contributed by atoms with Gasteiger partial charge in [0.05, 0.1) is 5.92 Å². The minimum absolute atomic E-state index is 0.0646. The number of alkyl halides is 2. The molecule has 0 spiro atoms. The first-order valence-electron chi connectivity index (χ1n) is 10.2. The third-order valence-corrected chi connectivity index (χ3v) is 5.42. The average molecular weight is 456 g/mol. The zero-order chi connectivity index (χ0) is 23.3. The van der Waals surface area contributed by atoms with Crippen LogP contribution < -0.4 is 9.47 Å². The molecule has 8 heteroatoms. The van der Waals surface area contributed by atoms with E-state index in [4.69, 9.17) is 4.74 Å². The zero-order valence-electron chi connectivity index (χ0n) is 17.3. The Balaban J connectivity index is 1.71. The lowest BCUT2D eigenvalue weighted by Crippen LogP contribution is -2.37. The Morgan fingerprint density at radius 2 is 1.69 bits per heavy atom. The molecule has 0 amide bonds. The molecule has 172 valence electrons. The van der Waals surface area contributed by atoms with E-state index in [2.05, 4.69) is 4.74 Å². The third kappa shape index (κ3) is 5.87. The van der Waals surface area contributed by atoms with Gasteiger partial charge in [-0.15, -0.1) is 0 Å². The van der Waals surface area contributed by atoms with E-state index in [1.54, 1.807) is 0 Å². The summed E-state index contributed by atoms with van der Waals surface area (Å²) >= 11 is 0. The lowest BCUT2D eigenvalue weighted by molar-refractivity contribution is -0.223. The van der Waals surface area contributed by atoms with E-state index in [1.165, 1.54) is 18.2 Å². The fraction of sp³-hybridized carbons (Fsp3) is 0.333. The molecule has 0 atom stereocenters. The third-order valence-electron chi connectivity index (χ3n) is 5.42. The summed E-state index contributed by atoms with van der Waals surface area (Å²) in [6.07, 6.45) is 0.309. The van der Waals surface area contributed by atoms with Gasteiger partial charge in [-0.3, -0.25) is 0 Å². The molecule has 0 heterocycles. The van der Waals surface area contributed by atoms with Crippen LogP contribution in [0.1, 0.15) is 32.6 Å². The predicted molar refractivity (Wildman–Crippen MR) is 109 cm³/mol. The van der Waals surface area contributed by atoms with Crippen LogP contribution in [0, 0.1) is 23.5 Å². The SMILES string of the molecule is CC=CC1CCC(C(F)(F)Oc2ccc(-c3ccc(OC=C(F)F)c(F)c3)c(F)c2)CC1. The predicted octanol–water partition coefficient (Wildman–Crippen LogP) is 8.10. The number of hydrogen-bond donors (Lipinski definition) is 0. The summed E-state index contributed by atoms with van der Waals surface area (Å²) in [5.74, 6) is -3.36. The molecular weight excluding hydrogens is 434 g/mol. The summed E-state index contributed by atoms with van der Waals surface area (Å²) in [4.78, 5) is 0. The maximum absolute atomic E-state index is 14.6. The van der Waals surface area contributed by atoms with Crippen LogP contribution in [0.3, 0.4) is 0 Å². The van der Waals surface area contributed by atoms with Crippen LogP contribution in [-0.4, -0.2) is 6.11 Å². The van der Waals surface area contributed by atoms with E-state index >= 15 is 0 Å². The minimum Gasteiger partial charge on any atom is -0.456 e. The molecule has 1 saturated carbocycles. The van der Waals surface area contributed by atoms with Gasteiger partial charge in [0.15, 0.2) is 17.8 Å². The summed E-state index contributed by atoms with van der Waals surface area (Å²) in [5.41, 5.74) is 0.0165. The molecule has 32 heavy (non-hydrogen) atoms. The van der Waals surface area contributed by atoms with Crippen molar-refractivity contribution in [1.82, 2.24) is 0 Å². The largest absolute Gasteiger partial charge is 0.456 e. The van der Waals surface area contributed by atoms with Crippen LogP contribution in [-0.2, 0) is 0 Å². The van der Waals surface area contributed by atoms with E-state index in [1.807, 2.05) is 19.1 Å². The molecule has 0 bridgehead atoms. The van der Waals surface area contributed by atoms with Crippen LogP contribution in [0.4, 0.5) is 26.3 Å². The van der Waals surface area contributed by atoms with Gasteiger partial charge in [0.2, 0.25) is 0 Å². The molecule has 0 aromatic heterocycles. The molecule has 0 aliphatic heterocycles. The Bertz CT molecular complexity index is 990. The van der Waals surface area contributed by atoms with Crippen molar-refractivity contribution in [3.8, 4) is 22.6 Å². The second kappa shape index (κ2) is 10.1. The molecule has 2 aromatic rings. The van der Waals surface area contributed by atoms with Crippen molar-refractivity contribution in [1.29, 1.82) is 0 Å². The van der Waals surface area contributed by atoms with Crippen LogP contribution in [0.15, 0.2) is 60.9 Å². The maximum atomic E-state index is 14.6. The van der Waals surface area contributed by atoms with Gasteiger partial charge >= 0.3 is 12.2 Å². The van der Waals surface area contributed by atoms with Crippen molar-refractivity contribution >= 4 is 0 Å². The number of hydrogen-bond acceptors (Lipinski definition) is 2. The molecule has 0 radical (unpaired) electrons. The molecular formula is C24H22F6O2. The molecule has 1 aliphatic carbocycles. The molecule has 2 aromatic carbocycles. The Morgan fingerprint density at radius 1 is 0.969 bits per heavy atom. The lowest BCUT2D eigenvalue weighted by Gasteiger charge is -2.32. The molecule has 0 N–H and O–H groups in total. The number of rotatable bonds is 7. The highest BCUT2D eigenvalue weighted by Crippen LogP contribution is 2.41. The Hall–Kier alpha value is -2.90. The summed E-state index contributed by atoms with van der Waals surface area (Å²) in [6, 6.07) is 6.42. The van der Waals surface area contributed by atoms with E-state index < -0.39 is 35.5 Å². The monoisotopic (exact) mass is 456 g/mol. The number of allylic oxidation sites excluding steroid dienone is 2. The second-order valence-electron chi connectivity index (χ2n) is 7.61. The van der Waals surface area contributed by atoms with Gasteiger partial charge in [0.1, 0.15) is 11.6 Å². The first-order chi connectivity index (χ1) is 15.2. The zero-order valence-corrected chi connectivity index (χ0v) is 17.3. The van der Waals surface area contributed by atoms with Gasteiger partial charge in [0.25, 0.3) is 0 Å². The summed E-state index contributed by atoms with van der Waals surface area (Å²) < 4.78 is 91.3. The summed E-state index contributed by atoms with van der Waals surface area (Å²) in [6.45, 7) is 1.89. The highest BCUT2D eigenvalue weighted by molar-refractivity contribution is 5.66. The van der Waals surface area contributed by atoms with E-state index in [-0.39, 0.29) is 29.1 Å². The van der Waals surface area contributed by atoms with Crippen LogP contribution >= 0.6 is 0 Å². The highest BCUT2D eigenvalue weighted by Gasteiger charge is 2.43. The van der Waals surface area contributed by atoms with Gasteiger partial charge in [-0.2, -0.15) is 17.6 Å². The number of halogens is 6. The standard InChI is InChI=1S/C24H22F6O2/c1-2-3-15-4-7-17(8-5-15)24(29,30)32-18-9-10-19(20(25)13-18)16-6-11-22(21(26)12-16)31-14-23(27)28/h2-3,6,9-15,17H,4-5,7-8H2,1H3. The maximum Gasteiger partial charge on any atom is 0.400 e. The lowest BCUT2D eigenvalue weighted by atomic mass is 9.81. The minimum atomic E-state index is -3.45. The van der Waals surface area contributed by atoms with Crippen molar-refractivity contribution in [3.63, 3.8) is 0 Å². The van der Waals surface area contributed by atoms with Crippen LogP contribution in [0.25, 0.3) is 11.1 Å². The Morgan fingerprint density at radius 3 is 2.28 bits per heavy atom. The Kier molecular flexibility index (Phi) is 7.53. The second-order valence-corrected chi connectivity index (χ2v) is 7.61. The van der Waals surface area contributed by atoms with E-state index in [0.717, 1.165) is 18.2 Å². The fourth-order valence-corrected chi connectivity index (χ4v) is 3.83. The molecule has 1 fully saturated rings. The molecule has 0 saturated heterocycles. The molecule has 1 aliphatic rings. The van der Waals surface area contributed by atoms with Gasteiger partial charge in [0, 0.05) is 11.6 Å². The highest BCUT2D eigenvalue weighted by atomic mass is 19.3. The molecule has 3 rings (SSSR count). The topological polar surface area (TPSA) is 18.5 Å². The van der Waals surface area contributed by atoms with E-state index in [0.29, 0.717) is 25.7 Å². The quantitative estimate of drug-likeness (QED) is 0.238. The number of benzene rings is 2. The first kappa shape index (κ1) is 23.8. The van der Waals surface area contributed by atoms with Crippen molar-refractivity contribution in [2.75, 3.05) is 0 Å². The summed E-state index contributed by atoms with van der Waals surface area (Å²) in [5, 5.41) is 0. The van der Waals surface area contributed by atoms with Crippen molar-refractivity contribution in [2.24, 2.45) is 11.8 Å². The smallest absolute Gasteiger partial charge is 0.400 e. The van der Waals surface area contributed by atoms with Crippen molar-refractivity contribution in [3.05, 3.63) is 72.5 Å². The van der Waals surface area contributed by atoms with Crippen LogP contribution in [0.2, 0.25) is 0 Å². The molecule has 2 nitrogen and oxygen atoms in total. The van der Waals surface area contributed by atoms with Crippen LogP contribution in [0.5, 0.6) is 11.5 Å². The van der Waals surface area contributed by atoms with E-state index in [9.17, 15) is 26.3 Å². The van der Waals surface area contributed by atoms with Crippen molar-refractivity contribution < 1.29 is 35.8 Å². The van der Waals surface area contributed by atoms with Gasteiger partial charge in [-0.1, -0.05) is 18.2 Å². The van der Waals surface area contributed by atoms with Crippen molar-refractivity contribution in [2.45, 2.75) is 38.7 Å². The number of ether oxygens (including phenoxy) is 2. The Labute approximate surface area is 182 Å². The average Bonchev–Trinajstić information content (AvgIpc) is 2.73. The normalized spacial score (nSPS) is 19.1. The molecule has 0 unspecified atom stereocenters. The summed E-state index contributed by atoms with van der Waals surface area (Å²) in [7, 11) is 0.